The number of nitrogens with zero attached hydrogens (tertiary/aromatic N) is 1. The second-order valence-electron chi connectivity index (χ2n) is 5.78. The number of carboxylic acids is 1. The van der Waals surface area contributed by atoms with Crippen molar-refractivity contribution in [1.82, 2.24) is 10.2 Å². The summed E-state index contributed by atoms with van der Waals surface area (Å²) >= 11 is 0. The molecule has 0 bridgehead atoms. The molecule has 1 heterocycles. The van der Waals surface area contributed by atoms with E-state index < -0.39 is 11.9 Å². The van der Waals surface area contributed by atoms with Crippen molar-refractivity contribution in [2.75, 3.05) is 26.2 Å². The highest BCUT2D eigenvalue weighted by Gasteiger charge is 2.27. The number of rotatable bonds is 7. The molecular formula is C17H26N2O2. The van der Waals surface area contributed by atoms with E-state index in [1.165, 1.54) is 0 Å². The molecule has 116 valence electrons. The van der Waals surface area contributed by atoms with Gasteiger partial charge in [0.05, 0.1) is 5.92 Å². The standard InChI is InChI=1S/C17H26N2O2/c1-2-12-19(15-8-10-18-11-9-15)13-16(17(20)21)14-6-4-3-5-7-14/h3-7,15-16,18H,2,8-13H2,1H3,(H,20,21). The molecule has 1 aliphatic rings. The quantitative estimate of drug-likeness (QED) is 0.809. The fourth-order valence-corrected chi connectivity index (χ4v) is 3.13. The van der Waals surface area contributed by atoms with Gasteiger partial charge in [-0.25, -0.2) is 0 Å². The van der Waals surface area contributed by atoms with Gasteiger partial charge in [-0.15, -0.1) is 0 Å². The summed E-state index contributed by atoms with van der Waals surface area (Å²) in [7, 11) is 0. The summed E-state index contributed by atoms with van der Waals surface area (Å²) in [4.78, 5) is 14.1. The van der Waals surface area contributed by atoms with Crippen molar-refractivity contribution in [2.45, 2.75) is 38.1 Å². The molecule has 1 aromatic carbocycles. The highest BCUT2D eigenvalue weighted by molar-refractivity contribution is 5.76. The van der Waals surface area contributed by atoms with E-state index in [0.717, 1.165) is 44.5 Å². The lowest BCUT2D eigenvalue weighted by Gasteiger charge is -2.36. The zero-order valence-electron chi connectivity index (χ0n) is 12.8. The zero-order valence-corrected chi connectivity index (χ0v) is 12.8. The van der Waals surface area contributed by atoms with E-state index in [4.69, 9.17) is 0 Å². The Labute approximate surface area is 127 Å². The Kier molecular flexibility index (Phi) is 6.21. The molecule has 2 N–H and O–H groups in total. The van der Waals surface area contributed by atoms with Gasteiger partial charge in [0.2, 0.25) is 0 Å². The normalized spacial score (nSPS) is 17.8. The molecule has 1 fully saturated rings. The van der Waals surface area contributed by atoms with Gasteiger partial charge in [0.1, 0.15) is 0 Å². The lowest BCUT2D eigenvalue weighted by molar-refractivity contribution is -0.139. The lowest BCUT2D eigenvalue weighted by Crippen LogP contribution is -2.45. The zero-order chi connectivity index (χ0) is 15.1. The van der Waals surface area contributed by atoms with Gasteiger partial charge >= 0.3 is 5.97 Å². The number of benzene rings is 1. The van der Waals surface area contributed by atoms with Crippen molar-refractivity contribution in [3.63, 3.8) is 0 Å². The third kappa shape index (κ3) is 4.55. The molecule has 0 amide bonds. The van der Waals surface area contributed by atoms with Crippen LogP contribution in [0.1, 0.15) is 37.7 Å². The van der Waals surface area contributed by atoms with Crippen molar-refractivity contribution >= 4 is 5.97 Å². The second-order valence-corrected chi connectivity index (χ2v) is 5.78. The predicted octanol–water partition coefficient (Wildman–Crippen LogP) is 2.32. The van der Waals surface area contributed by atoms with Crippen LogP contribution in [0.5, 0.6) is 0 Å². The summed E-state index contributed by atoms with van der Waals surface area (Å²) in [6, 6.07) is 10.1. The Hall–Kier alpha value is -1.39. The van der Waals surface area contributed by atoms with Crippen molar-refractivity contribution in [2.24, 2.45) is 0 Å². The summed E-state index contributed by atoms with van der Waals surface area (Å²) in [5, 5.41) is 13.0. The van der Waals surface area contributed by atoms with Gasteiger partial charge in [0, 0.05) is 12.6 Å². The van der Waals surface area contributed by atoms with Gasteiger partial charge in [-0.05, 0) is 44.5 Å². The Bertz CT molecular complexity index is 430. The molecule has 1 atom stereocenters. The largest absolute Gasteiger partial charge is 0.481 e. The highest BCUT2D eigenvalue weighted by atomic mass is 16.4. The van der Waals surface area contributed by atoms with Gasteiger partial charge in [0.25, 0.3) is 0 Å². The molecule has 0 aromatic heterocycles. The Balaban J connectivity index is 2.10. The molecule has 0 spiro atoms. The second kappa shape index (κ2) is 8.15. The van der Waals surface area contributed by atoms with E-state index >= 15 is 0 Å². The fourth-order valence-electron chi connectivity index (χ4n) is 3.13. The molecule has 1 saturated heterocycles. The van der Waals surface area contributed by atoms with Gasteiger partial charge in [-0.1, -0.05) is 37.3 Å². The van der Waals surface area contributed by atoms with E-state index in [0.29, 0.717) is 12.6 Å². The SMILES string of the molecule is CCCN(CC(C(=O)O)c1ccccc1)C1CCNCC1. The van der Waals surface area contributed by atoms with Crippen LogP contribution in [-0.4, -0.2) is 48.2 Å². The summed E-state index contributed by atoms with van der Waals surface area (Å²) < 4.78 is 0. The number of carboxylic acid groups (broad SMARTS) is 1. The molecule has 1 unspecified atom stereocenters. The van der Waals surface area contributed by atoms with Crippen LogP contribution >= 0.6 is 0 Å². The van der Waals surface area contributed by atoms with Gasteiger partial charge in [-0.2, -0.15) is 0 Å². The Morgan fingerprint density at radius 2 is 2.00 bits per heavy atom. The summed E-state index contributed by atoms with van der Waals surface area (Å²) in [5.74, 6) is -1.16. The number of hydrogen-bond donors (Lipinski definition) is 2. The number of aliphatic carboxylic acids is 1. The first-order valence-corrected chi connectivity index (χ1v) is 7.95. The fraction of sp³-hybridized carbons (Fsp3) is 0.588. The maximum atomic E-state index is 11.7. The molecule has 0 radical (unpaired) electrons. The molecule has 0 saturated carbocycles. The minimum absolute atomic E-state index is 0.437. The van der Waals surface area contributed by atoms with Crippen molar-refractivity contribution in [3.8, 4) is 0 Å². The minimum Gasteiger partial charge on any atom is -0.481 e. The van der Waals surface area contributed by atoms with Gasteiger partial charge in [-0.3, -0.25) is 9.69 Å². The van der Waals surface area contributed by atoms with Crippen LogP contribution < -0.4 is 5.32 Å². The molecule has 4 nitrogen and oxygen atoms in total. The van der Waals surface area contributed by atoms with E-state index in [1.807, 2.05) is 30.3 Å². The monoisotopic (exact) mass is 290 g/mol. The van der Waals surface area contributed by atoms with Gasteiger partial charge < -0.3 is 10.4 Å². The molecule has 2 rings (SSSR count). The van der Waals surface area contributed by atoms with Crippen molar-refractivity contribution < 1.29 is 9.90 Å². The average molecular weight is 290 g/mol. The first kappa shape index (κ1) is 16.0. The van der Waals surface area contributed by atoms with Crippen LogP contribution in [-0.2, 0) is 4.79 Å². The highest BCUT2D eigenvalue weighted by Crippen LogP contribution is 2.21. The van der Waals surface area contributed by atoms with Crippen LogP contribution in [0.15, 0.2) is 30.3 Å². The third-order valence-corrected chi connectivity index (χ3v) is 4.25. The molecule has 0 aliphatic carbocycles. The van der Waals surface area contributed by atoms with Crippen molar-refractivity contribution in [3.05, 3.63) is 35.9 Å². The average Bonchev–Trinajstić information content (AvgIpc) is 2.52. The third-order valence-electron chi connectivity index (χ3n) is 4.25. The van der Waals surface area contributed by atoms with Crippen LogP contribution in [0.3, 0.4) is 0 Å². The van der Waals surface area contributed by atoms with Crippen LogP contribution in [0.4, 0.5) is 0 Å². The summed E-state index contributed by atoms with van der Waals surface area (Å²) in [6.45, 7) is 5.81. The molecule has 21 heavy (non-hydrogen) atoms. The van der Waals surface area contributed by atoms with Crippen molar-refractivity contribution in [1.29, 1.82) is 0 Å². The van der Waals surface area contributed by atoms with E-state index in [1.54, 1.807) is 0 Å². The number of nitrogens with one attached hydrogen (secondary N) is 1. The first-order valence-electron chi connectivity index (χ1n) is 7.95. The maximum Gasteiger partial charge on any atom is 0.312 e. The Morgan fingerprint density at radius 3 is 2.57 bits per heavy atom. The molecular weight excluding hydrogens is 264 g/mol. The summed E-state index contributed by atoms with van der Waals surface area (Å²) in [5.41, 5.74) is 0.903. The number of carbonyl (C=O) groups is 1. The Morgan fingerprint density at radius 1 is 1.33 bits per heavy atom. The molecule has 1 aromatic rings. The van der Waals surface area contributed by atoms with Crippen LogP contribution in [0.25, 0.3) is 0 Å². The smallest absolute Gasteiger partial charge is 0.312 e. The maximum absolute atomic E-state index is 11.7. The van der Waals surface area contributed by atoms with Crippen LogP contribution in [0, 0.1) is 0 Å². The van der Waals surface area contributed by atoms with Gasteiger partial charge in [0.15, 0.2) is 0 Å². The van der Waals surface area contributed by atoms with E-state index in [9.17, 15) is 9.90 Å². The van der Waals surface area contributed by atoms with Crippen LogP contribution in [0.2, 0.25) is 0 Å². The minimum atomic E-state index is -0.726. The predicted molar refractivity (Wildman–Crippen MR) is 84.6 cm³/mol. The topological polar surface area (TPSA) is 52.6 Å². The lowest BCUT2D eigenvalue weighted by atomic mass is 9.96. The molecule has 4 heteroatoms. The number of hydrogen-bond acceptors (Lipinski definition) is 3. The first-order chi connectivity index (χ1) is 10.2. The molecule has 1 aliphatic heterocycles. The number of piperidine rings is 1. The van der Waals surface area contributed by atoms with E-state index in [2.05, 4.69) is 17.1 Å². The van der Waals surface area contributed by atoms with E-state index in [-0.39, 0.29) is 0 Å². The summed E-state index contributed by atoms with van der Waals surface area (Å²) in [6.07, 6.45) is 3.29.